The molecule has 0 aliphatic carbocycles. The first kappa shape index (κ1) is 18.3. The number of aryl methyl sites for hydroxylation is 2. The minimum Gasteiger partial charge on any atom is -0.421 e. The average Bonchev–Trinajstić information content (AvgIpc) is 3.15. The number of hydrogen-bond donors (Lipinski definition) is 1. The lowest BCUT2D eigenvalue weighted by molar-refractivity contribution is -0.118. The summed E-state index contributed by atoms with van der Waals surface area (Å²) in [6.07, 6.45) is 0.574. The molecule has 0 radical (unpaired) electrons. The minimum atomic E-state index is -0.503. The Morgan fingerprint density at radius 3 is 2.33 bits per heavy atom. The molecular formula is C20H20N4O3. The second kappa shape index (κ2) is 7.82. The van der Waals surface area contributed by atoms with Crippen LogP contribution in [0.2, 0.25) is 0 Å². The number of nitrogens with zero attached hydrogens (tertiary/aromatic N) is 3. The number of aromatic nitrogens is 2. The number of rotatable bonds is 6. The van der Waals surface area contributed by atoms with E-state index in [0.717, 1.165) is 11.1 Å². The molecule has 1 aromatic heterocycles. The molecule has 0 aliphatic heterocycles. The number of hydrogen-bond acceptors (Lipinski definition) is 5. The van der Waals surface area contributed by atoms with Crippen LogP contribution in [0.3, 0.4) is 0 Å². The highest BCUT2D eigenvalue weighted by Crippen LogP contribution is 2.19. The molecule has 2 amide bonds. The maximum Gasteiger partial charge on any atom is 0.248 e. The van der Waals surface area contributed by atoms with E-state index in [4.69, 9.17) is 10.2 Å². The molecule has 27 heavy (non-hydrogen) atoms. The van der Waals surface area contributed by atoms with Crippen LogP contribution in [0.1, 0.15) is 28.2 Å². The number of carbonyl (C=O) groups excluding carboxylic acids is 2. The Morgan fingerprint density at radius 1 is 1.04 bits per heavy atom. The van der Waals surface area contributed by atoms with E-state index in [0.29, 0.717) is 29.5 Å². The first-order valence-electron chi connectivity index (χ1n) is 8.50. The van der Waals surface area contributed by atoms with Gasteiger partial charge in [-0.25, -0.2) is 0 Å². The molecule has 3 aromatic rings. The molecule has 3 rings (SSSR count). The second-order valence-electron chi connectivity index (χ2n) is 6.23. The summed E-state index contributed by atoms with van der Waals surface area (Å²) in [7, 11) is 1.67. The van der Waals surface area contributed by atoms with E-state index < -0.39 is 5.91 Å². The van der Waals surface area contributed by atoms with E-state index >= 15 is 0 Å². The molecule has 1 heterocycles. The number of amides is 2. The normalized spacial score (nSPS) is 10.6. The van der Waals surface area contributed by atoms with Crippen molar-refractivity contribution in [2.45, 2.75) is 19.8 Å². The highest BCUT2D eigenvalue weighted by atomic mass is 16.4. The number of primary amides is 1. The van der Waals surface area contributed by atoms with Gasteiger partial charge in [-0.1, -0.05) is 17.7 Å². The average molecular weight is 364 g/mol. The van der Waals surface area contributed by atoms with E-state index in [1.807, 2.05) is 31.2 Å². The summed E-state index contributed by atoms with van der Waals surface area (Å²) in [5.74, 6) is 0.248. The highest BCUT2D eigenvalue weighted by molar-refractivity contribution is 5.95. The molecule has 0 bridgehead atoms. The molecule has 0 saturated heterocycles. The van der Waals surface area contributed by atoms with Crippen molar-refractivity contribution >= 4 is 17.5 Å². The van der Waals surface area contributed by atoms with Crippen molar-refractivity contribution in [3.05, 3.63) is 65.5 Å². The SMILES string of the molecule is Cc1ccc(-c2nnc(CCC(=O)N(C)c3ccc(C(N)=O)cc3)o2)cc1. The van der Waals surface area contributed by atoms with Gasteiger partial charge < -0.3 is 15.1 Å². The van der Waals surface area contributed by atoms with Crippen LogP contribution in [0.15, 0.2) is 52.9 Å². The lowest BCUT2D eigenvalue weighted by Gasteiger charge is -2.17. The Balaban J connectivity index is 1.60. The van der Waals surface area contributed by atoms with Crippen molar-refractivity contribution in [3.63, 3.8) is 0 Å². The summed E-state index contributed by atoms with van der Waals surface area (Å²) >= 11 is 0. The topological polar surface area (TPSA) is 102 Å². The van der Waals surface area contributed by atoms with E-state index in [-0.39, 0.29) is 12.3 Å². The van der Waals surface area contributed by atoms with Gasteiger partial charge in [0.2, 0.25) is 23.6 Å². The number of benzene rings is 2. The van der Waals surface area contributed by atoms with Gasteiger partial charge in [0.15, 0.2) is 0 Å². The molecule has 0 aliphatic rings. The van der Waals surface area contributed by atoms with E-state index in [9.17, 15) is 9.59 Å². The van der Waals surface area contributed by atoms with Crippen LogP contribution in [-0.4, -0.2) is 29.1 Å². The summed E-state index contributed by atoms with van der Waals surface area (Å²) in [4.78, 5) is 25.0. The smallest absolute Gasteiger partial charge is 0.248 e. The third-order valence-corrected chi connectivity index (χ3v) is 4.23. The fraction of sp³-hybridized carbons (Fsp3) is 0.200. The monoisotopic (exact) mass is 364 g/mol. The van der Waals surface area contributed by atoms with Crippen LogP contribution in [0.4, 0.5) is 5.69 Å². The minimum absolute atomic E-state index is 0.100. The van der Waals surface area contributed by atoms with Crippen molar-refractivity contribution in [2.75, 3.05) is 11.9 Å². The predicted molar refractivity (Wildman–Crippen MR) is 101 cm³/mol. The zero-order chi connectivity index (χ0) is 19.4. The molecule has 2 N–H and O–H groups in total. The van der Waals surface area contributed by atoms with Crippen LogP contribution in [0.25, 0.3) is 11.5 Å². The van der Waals surface area contributed by atoms with E-state index in [1.165, 1.54) is 4.90 Å². The molecule has 0 saturated carbocycles. The summed E-state index contributed by atoms with van der Waals surface area (Å²) < 4.78 is 5.64. The predicted octanol–water partition coefficient (Wildman–Crippen LogP) is 2.74. The van der Waals surface area contributed by atoms with E-state index in [1.54, 1.807) is 31.3 Å². The molecule has 2 aromatic carbocycles. The van der Waals surface area contributed by atoms with Gasteiger partial charge in [-0.2, -0.15) is 0 Å². The summed E-state index contributed by atoms with van der Waals surface area (Å²) in [5, 5.41) is 8.05. The summed E-state index contributed by atoms with van der Waals surface area (Å²) in [6, 6.07) is 14.3. The van der Waals surface area contributed by atoms with Gasteiger partial charge in [0.25, 0.3) is 0 Å². The van der Waals surface area contributed by atoms with Crippen molar-refractivity contribution in [2.24, 2.45) is 5.73 Å². The van der Waals surface area contributed by atoms with Crippen LogP contribution in [-0.2, 0) is 11.2 Å². The number of anilines is 1. The van der Waals surface area contributed by atoms with Crippen molar-refractivity contribution in [1.29, 1.82) is 0 Å². The third-order valence-electron chi connectivity index (χ3n) is 4.23. The Labute approximate surface area is 156 Å². The van der Waals surface area contributed by atoms with Gasteiger partial charge in [-0.05, 0) is 43.3 Å². The first-order valence-corrected chi connectivity index (χ1v) is 8.50. The molecule has 0 spiro atoms. The number of carbonyl (C=O) groups is 2. The Kier molecular flexibility index (Phi) is 5.30. The van der Waals surface area contributed by atoms with Crippen molar-refractivity contribution in [1.82, 2.24) is 10.2 Å². The number of nitrogens with two attached hydrogens (primary N) is 1. The van der Waals surface area contributed by atoms with Gasteiger partial charge in [-0.3, -0.25) is 9.59 Å². The maximum atomic E-state index is 12.4. The van der Waals surface area contributed by atoms with Crippen LogP contribution in [0.5, 0.6) is 0 Å². The Bertz CT molecular complexity index is 946. The first-order chi connectivity index (χ1) is 12.9. The third kappa shape index (κ3) is 4.38. The molecule has 138 valence electrons. The molecular weight excluding hydrogens is 344 g/mol. The Hall–Kier alpha value is -3.48. The van der Waals surface area contributed by atoms with Gasteiger partial charge in [0.1, 0.15) is 0 Å². The van der Waals surface area contributed by atoms with Crippen molar-refractivity contribution < 1.29 is 14.0 Å². The molecule has 0 fully saturated rings. The summed E-state index contributed by atoms with van der Waals surface area (Å²) in [6.45, 7) is 2.01. The van der Waals surface area contributed by atoms with Gasteiger partial charge in [0, 0.05) is 36.7 Å². The fourth-order valence-corrected chi connectivity index (χ4v) is 2.54. The lowest BCUT2D eigenvalue weighted by atomic mass is 10.1. The van der Waals surface area contributed by atoms with Crippen LogP contribution < -0.4 is 10.6 Å². The van der Waals surface area contributed by atoms with Crippen LogP contribution >= 0.6 is 0 Å². The lowest BCUT2D eigenvalue weighted by Crippen LogP contribution is -2.26. The van der Waals surface area contributed by atoms with Crippen LogP contribution in [0, 0.1) is 6.92 Å². The molecule has 0 unspecified atom stereocenters. The second-order valence-corrected chi connectivity index (χ2v) is 6.23. The maximum absolute atomic E-state index is 12.4. The molecule has 7 heteroatoms. The summed E-state index contributed by atoms with van der Waals surface area (Å²) in [5.41, 5.74) is 8.29. The quantitative estimate of drug-likeness (QED) is 0.724. The van der Waals surface area contributed by atoms with Gasteiger partial charge in [0.05, 0.1) is 0 Å². The highest BCUT2D eigenvalue weighted by Gasteiger charge is 2.14. The Morgan fingerprint density at radius 2 is 1.70 bits per heavy atom. The van der Waals surface area contributed by atoms with Gasteiger partial charge >= 0.3 is 0 Å². The standard InChI is InChI=1S/C20H20N4O3/c1-13-3-5-15(6-4-13)20-23-22-17(27-20)11-12-18(25)24(2)16-9-7-14(8-10-16)19(21)26/h3-10H,11-12H2,1-2H3,(H2,21,26). The van der Waals surface area contributed by atoms with E-state index in [2.05, 4.69) is 10.2 Å². The molecule has 0 atom stereocenters. The fourth-order valence-electron chi connectivity index (χ4n) is 2.54. The van der Waals surface area contributed by atoms with Gasteiger partial charge in [-0.15, -0.1) is 10.2 Å². The zero-order valence-electron chi connectivity index (χ0n) is 15.2. The largest absolute Gasteiger partial charge is 0.421 e. The van der Waals surface area contributed by atoms with Crippen molar-refractivity contribution in [3.8, 4) is 11.5 Å². The zero-order valence-corrected chi connectivity index (χ0v) is 15.2. The molecule has 7 nitrogen and oxygen atoms in total.